The number of amides is 1. The molecular formula is C17H14ClN3O2. The SMILES string of the molecule is Cc1c(Cl)cccc1NC(=O)Cn1c(=O)cnc2ccccc21. The highest BCUT2D eigenvalue weighted by Gasteiger charge is 2.10. The van der Waals surface area contributed by atoms with Gasteiger partial charge < -0.3 is 5.32 Å². The Hall–Kier alpha value is -2.66. The lowest BCUT2D eigenvalue weighted by Crippen LogP contribution is -2.28. The van der Waals surface area contributed by atoms with Gasteiger partial charge in [0.1, 0.15) is 6.54 Å². The van der Waals surface area contributed by atoms with Crippen LogP contribution in [-0.2, 0) is 11.3 Å². The molecule has 1 heterocycles. The third-order valence-corrected chi connectivity index (χ3v) is 4.01. The molecule has 0 spiro atoms. The van der Waals surface area contributed by atoms with Crippen LogP contribution in [0.2, 0.25) is 5.02 Å². The Morgan fingerprint density at radius 3 is 2.83 bits per heavy atom. The zero-order valence-corrected chi connectivity index (χ0v) is 13.2. The second-order valence-corrected chi connectivity index (χ2v) is 5.54. The molecule has 0 saturated heterocycles. The van der Waals surface area contributed by atoms with Gasteiger partial charge in [-0.2, -0.15) is 0 Å². The van der Waals surface area contributed by atoms with Crippen molar-refractivity contribution in [2.24, 2.45) is 0 Å². The van der Waals surface area contributed by atoms with Crippen LogP contribution in [0.25, 0.3) is 11.0 Å². The first kappa shape index (κ1) is 15.2. The maximum atomic E-state index is 12.3. The molecule has 1 amide bonds. The molecule has 1 N–H and O–H groups in total. The van der Waals surface area contributed by atoms with E-state index >= 15 is 0 Å². The molecule has 0 radical (unpaired) electrons. The lowest BCUT2D eigenvalue weighted by Gasteiger charge is -2.12. The molecule has 3 rings (SSSR count). The number of carbonyl (C=O) groups is 1. The third kappa shape index (κ3) is 3.10. The van der Waals surface area contributed by atoms with E-state index in [4.69, 9.17) is 11.6 Å². The number of nitrogens with zero attached hydrogens (tertiary/aromatic N) is 2. The number of hydrogen-bond donors (Lipinski definition) is 1. The topological polar surface area (TPSA) is 64.0 Å². The van der Waals surface area contributed by atoms with E-state index in [2.05, 4.69) is 10.3 Å². The smallest absolute Gasteiger partial charge is 0.269 e. The van der Waals surface area contributed by atoms with Crippen LogP contribution in [0.15, 0.2) is 53.5 Å². The molecule has 0 fully saturated rings. The van der Waals surface area contributed by atoms with Gasteiger partial charge in [0, 0.05) is 10.7 Å². The summed E-state index contributed by atoms with van der Waals surface area (Å²) in [5, 5.41) is 3.37. The highest BCUT2D eigenvalue weighted by atomic mass is 35.5. The number of aromatic nitrogens is 2. The Balaban J connectivity index is 1.90. The van der Waals surface area contributed by atoms with E-state index in [1.807, 2.05) is 13.0 Å². The molecule has 3 aromatic rings. The fourth-order valence-corrected chi connectivity index (χ4v) is 2.53. The van der Waals surface area contributed by atoms with Crippen molar-refractivity contribution < 1.29 is 4.79 Å². The van der Waals surface area contributed by atoms with E-state index in [1.165, 1.54) is 10.8 Å². The van der Waals surface area contributed by atoms with Crippen molar-refractivity contribution in [3.05, 3.63) is 69.6 Å². The largest absolute Gasteiger partial charge is 0.324 e. The minimum absolute atomic E-state index is 0.0895. The summed E-state index contributed by atoms with van der Waals surface area (Å²) in [7, 11) is 0. The Kier molecular flexibility index (Phi) is 4.12. The first-order valence-electron chi connectivity index (χ1n) is 7.06. The summed E-state index contributed by atoms with van der Waals surface area (Å²) in [5.41, 5.74) is 2.39. The summed E-state index contributed by atoms with van der Waals surface area (Å²) >= 11 is 6.05. The van der Waals surface area contributed by atoms with Crippen LogP contribution in [0.4, 0.5) is 5.69 Å². The average molecular weight is 328 g/mol. The van der Waals surface area contributed by atoms with E-state index in [1.54, 1.807) is 36.4 Å². The fraction of sp³-hybridized carbons (Fsp3) is 0.118. The lowest BCUT2D eigenvalue weighted by atomic mass is 10.2. The predicted molar refractivity (Wildman–Crippen MR) is 90.8 cm³/mol. The molecule has 5 nitrogen and oxygen atoms in total. The normalized spacial score (nSPS) is 10.7. The summed E-state index contributed by atoms with van der Waals surface area (Å²) in [6.07, 6.45) is 1.22. The number of hydrogen-bond acceptors (Lipinski definition) is 3. The second kappa shape index (κ2) is 6.22. The molecule has 23 heavy (non-hydrogen) atoms. The molecule has 0 atom stereocenters. The van der Waals surface area contributed by atoms with Gasteiger partial charge in [-0.15, -0.1) is 0 Å². The maximum Gasteiger partial charge on any atom is 0.269 e. The minimum atomic E-state index is -0.318. The van der Waals surface area contributed by atoms with Crippen molar-refractivity contribution in [1.29, 1.82) is 0 Å². The Labute approximate surface area is 137 Å². The summed E-state index contributed by atoms with van der Waals surface area (Å²) in [4.78, 5) is 28.4. The Bertz CT molecular complexity index is 950. The fourth-order valence-electron chi connectivity index (χ4n) is 2.35. The van der Waals surface area contributed by atoms with Crippen molar-refractivity contribution in [1.82, 2.24) is 9.55 Å². The van der Waals surface area contributed by atoms with Crippen molar-refractivity contribution in [2.75, 3.05) is 5.32 Å². The quantitative estimate of drug-likeness (QED) is 0.804. The number of carbonyl (C=O) groups excluding carboxylic acids is 1. The first-order valence-corrected chi connectivity index (χ1v) is 7.43. The zero-order valence-electron chi connectivity index (χ0n) is 12.4. The maximum absolute atomic E-state index is 12.3. The van der Waals surface area contributed by atoms with Gasteiger partial charge in [-0.3, -0.25) is 14.2 Å². The van der Waals surface area contributed by atoms with Crippen LogP contribution in [0.5, 0.6) is 0 Å². The summed E-state index contributed by atoms with van der Waals surface area (Å²) < 4.78 is 1.40. The van der Waals surface area contributed by atoms with Crippen LogP contribution in [0.3, 0.4) is 0 Å². The van der Waals surface area contributed by atoms with Gasteiger partial charge in [0.05, 0.1) is 17.2 Å². The lowest BCUT2D eigenvalue weighted by molar-refractivity contribution is -0.116. The van der Waals surface area contributed by atoms with Crippen LogP contribution in [-0.4, -0.2) is 15.5 Å². The standard InChI is InChI=1S/C17H14ClN3O2/c1-11-12(18)5-4-7-13(11)20-16(22)10-21-15-8-3-2-6-14(15)19-9-17(21)23/h2-9H,10H2,1H3,(H,20,22). The van der Waals surface area contributed by atoms with Crippen LogP contribution in [0, 0.1) is 6.92 Å². The van der Waals surface area contributed by atoms with Crippen LogP contribution < -0.4 is 10.9 Å². The molecule has 0 aliphatic carbocycles. The van der Waals surface area contributed by atoms with Crippen molar-refractivity contribution >= 4 is 34.2 Å². The van der Waals surface area contributed by atoms with Crippen molar-refractivity contribution in [3.63, 3.8) is 0 Å². The molecule has 6 heteroatoms. The highest BCUT2D eigenvalue weighted by Crippen LogP contribution is 2.22. The highest BCUT2D eigenvalue weighted by molar-refractivity contribution is 6.31. The molecule has 2 aromatic carbocycles. The van der Waals surface area contributed by atoms with Crippen LogP contribution in [0.1, 0.15) is 5.56 Å². The van der Waals surface area contributed by atoms with Gasteiger partial charge in [-0.1, -0.05) is 29.8 Å². The van der Waals surface area contributed by atoms with Gasteiger partial charge in [-0.25, -0.2) is 4.98 Å². The molecule has 0 saturated carbocycles. The van der Waals surface area contributed by atoms with Gasteiger partial charge in [0.2, 0.25) is 5.91 Å². The molecular weight excluding hydrogens is 314 g/mol. The number of benzene rings is 2. The number of fused-ring (bicyclic) bond motifs is 1. The summed E-state index contributed by atoms with van der Waals surface area (Å²) in [5.74, 6) is -0.297. The van der Waals surface area contributed by atoms with Crippen molar-refractivity contribution in [3.8, 4) is 0 Å². The molecule has 1 aromatic heterocycles. The summed E-state index contributed by atoms with van der Waals surface area (Å²) in [6.45, 7) is 1.74. The molecule has 116 valence electrons. The molecule has 0 unspecified atom stereocenters. The van der Waals surface area contributed by atoms with Crippen molar-refractivity contribution in [2.45, 2.75) is 13.5 Å². The van der Waals surface area contributed by atoms with Crippen LogP contribution >= 0.6 is 11.6 Å². The predicted octanol–water partition coefficient (Wildman–Crippen LogP) is 3.00. The average Bonchev–Trinajstić information content (AvgIpc) is 2.54. The number of halogens is 1. The Morgan fingerprint density at radius 1 is 1.22 bits per heavy atom. The van der Waals surface area contributed by atoms with E-state index in [0.717, 1.165) is 5.56 Å². The monoisotopic (exact) mass is 327 g/mol. The number of anilines is 1. The van der Waals surface area contributed by atoms with E-state index in [0.29, 0.717) is 21.7 Å². The molecule has 0 aliphatic heterocycles. The molecule has 0 bridgehead atoms. The first-order chi connectivity index (χ1) is 11.1. The third-order valence-electron chi connectivity index (χ3n) is 3.60. The zero-order chi connectivity index (χ0) is 16.4. The second-order valence-electron chi connectivity index (χ2n) is 5.13. The minimum Gasteiger partial charge on any atom is -0.324 e. The molecule has 0 aliphatic rings. The van der Waals surface area contributed by atoms with Gasteiger partial charge in [-0.05, 0) is 36.8 Å². The number of rotatable bonds is 3. The van der Waals surface area contributed by atoms with E-state index in [9.17, 15) is 9.59 Å². The van der Waals surface area contributed by atoms with Gasteiger partial charge in [0.25, 0.3) is 5.56 Å². The number of nitrogens with one attached hydrogen (secondary N) is 1. The Morgan fingerprint density at radius 2 is 2.00 bits per heavy atom. The van der Waals surface area contributed by atoms with E-state index < -0.39 is 0 Å². The van der Waals surface area contributed by atoms with Gasteiger partial charge >= 0.3 is 0 Å². The van der Waals surface area contributed by atoms with E-state index in [-0.39, 0.29) is 18.0 Å². The summed E-state index contributed by atoms with van der Waals surface area (Å²) in [6, 6.07) is 12.5. The number of para-hydroxylation sites is 2. The van der Waals surface area contributed by atoms with Gasteiger partial charge in [0.15, 0.2) is 0 Å².